The van der Waals surface area contributed by atoms with Gasteiger partial charge in [-0.2, -0.15) is 0 Å². The normalized spacial score (nSPS) is 10.5. The molecule has 0 atom stereocenters. The second kappa shape index (κ2) is 3.86. The molecule has 0 saturated heterocycles. The van der Waals surface area contributed by atoms with E-state index in [1.54, 1.807) is 0 Å². The third-order valence-electron chi connectivity index (χ3n) is 1.46. The monoisotopic (exact) mass is 170 g/mol. The first kappa shape index (κ1) is 8.72. The average Bonchev–Trinajstić information content (AvgIpc) is 2.26. The summed E-state index contributed by atoms with van der Waals surface area (Å²) >= 11 is 1.87. The molecule has 0 aliphatic rings. The fourth-order valence-electron chi connectivity index (χ4n) is 0.963. The van der Waals surface area contributed by atoms with Crippen molar-refractivity contribution in [2.45, 2.75) is 32.1 Å². The lowest BCUT2D eigenvalue weighted by atomic mass is 10.4. The van der Waals surface area contributed by atoms with Crippen LogP contribution in [0.4, 0.5) is 0 Å². The highest BCUT2D eigenvalue weighted by molar-refractivity contribution is 7.99. The summed E-state index contributed by atoms with van der Waals surface area (Å²) in [5.41, 5.74) is 0. The van der Waals surface area contributed by atoms with Gasteiger partial charge in [0.25, 0.3) is 0 Å². The van der Waals surface area contributed by atoms with Crippen LogP contribution in [-0.4, -0.2) is 5.75 Å². The zero-order chi connectivity index (χ0) is 8.27. The second-order valence-electron chi connectivity index (χ2n) is 2.63. The number of hydrogen-bond donors (Lipinski definition) is 0. The van der Waals surface area contributed by atoms with Crippen LogP contribution >= 0.6 is 11.8 Å². The largest absolute Gasteiger partial charge is 0.465 e. The molecule has 0 saturated carbocycles. The maximum atomic E-state index is 5.39. The maximum Gasteiger partial charge on any atom is 0.114 e. The van der Waals surface area contributed by atoms with Crippen molar-refractivity contribution in [2.24, 2.45) is 0 Å². The molecule has 0 N–H and O–H groups in total. The van der Waals surface area contributed by atoms with E-state index >= 15 is 0 Å². The van der Waals surface area contributed by atoms with Crippen LogP contribution in [0.15, 0.2) is 15.4 Å². The van der Waals surface area contributed by atoms with Crippen LogP contribution in [0.3, 0.4) is 0 Å². The van der Waals surface area contributed by atoms with Gasteiger partial charge in [0, 0.05) is 4.90 Å². The van der Waals surface area contributed by atoms with Crippen molar-refractivity contribution in [2.75, 3.05) is 5.75 Å². The maximum absolute atomic E-state index is 5.39. The fourth-order valence-corrected chi connectivity index (χ4v) is 1.88. The second-order valence-corrected chi connectivity index (χ2v) is 3.76. The number of rotatable bonds is 3. The third-order valence-corrected chi connectivity index (χ3v) is 2.79. The summed E-state index contributed by atoms with van der Waals surface area (Å²) in [6.45, 7) is 6.20. The zero-order valence-electron chi connectivity index (χ0n) is 7.31. The lowest BCUT2D eigenvalue weighted by Gasteiger charge is -1.94. The molecule has 0 spiro atoms. The molecule has 0 fully saturated rings. The van der Waals surface area contributed by atoms with Gasteiger partial charge in [0.1, 0.15) is 11.5 Å². The van der Waals surface area contributed by atoms with E-state index in [0.29, 0.717) is 0 Å². The van der Waals surface area contributed by atoms with Crippen molar-refractivity contribution in [1.29, 1.82) is 0 Å². The summed E-state index contributed by atoms with van der Waals surface area (Å²) < 4.78 is 5.39. The minimum Gasteiger partial charge on any atom is -0.465 e. The van der Waals surface area contributed by atoms with E-state index in [0.717, 1.165) is 11.5 Å². The summed E-state index contributed by atoms with van der Waals surface area (Å²) in [4.78, 5) is 1.30. The summed E-state index contributed by atoms with van der Waals surface area (Å²) in [5.74, 6) is 3.25. The van der Waals surface area contributed by atoms with E-state index in [1.807, 2.05) is 25.6 Å². The summed E-state index contributed by atoms with van der Waals surface area (Å²) in [6.07, 6.45) is 1.22. The predicted octanol–water partition coefficient (Wildman–Crippen LogP) is 3.40. The Balaban J connectivity index is 2.62. The van der Waals surface area contributed by atoms with Crippen LogP contribution < -0.4 is 0 Å². The van der Waals surface area contributed by atoms with Crippen LogP contribution in [0.2, 0.25) is 0 Å². The Hall–Kier alpha value is -0.370. The summed E-state index contributed by atoms with van der Waals surface area (Å²) in [6, 6.07) is 2.11. The first-order chi connectivity index (χ1) is 5.24. The summed E-state index contributed by atoms with van der Waals surface area (Å²) in [5, 5.41) is 0. The molecule has 0 aliphatic carbocycles. The van der Waals surface area contributed by atoms with Crippen molar-refractivity contribution in [3.63, 3.8) is 0 Å². The summed E-state index contributed by atoms with van der Waals surface area (Å²) in [7, 11) is 0. The zero-order valence-corrected chi connectivity index (χ0v) is 8.12. The standard InChI is InChI=1S/C9H14OS/c1-4-5-11-9-6-7(2)10-8(9)3/h6H,4-5H2,1-3H3. The Morgan fingerprint density at radius 1 is 1.45 bits per heavy atom. The molecule has 1 rings (SSSR count). The molecule has 1 aromatic rings. The minimum absolute atomic E-state index is 1.01. The van der Waals surface area contributed by atoms with Gasteiger partial charge in [-0.15, -0.1) is 11.8 Å². The smallest absolute Gasteiger partial charge is 0.114 e. The highest BCUT2D eigenvalue weighted by atomic mass is 32.2. The van der Waals surface area contributed by atoms with Crippen molar-refractivity contribution in [3.05, 3.63) is 17.6 Å². The number of aryl methyl sites for hydroxylation is 2. The van der Waals surface area contributed by atoms with E-state index in [9.17, 15) is 0 Å². The van der Waals surface area contributed by atoms with E-state index in [-0.39, 0.29) is 0 Å². The van der Waals surface area contributed by atoms with Gasteiger partial charge in [-0.25, -0.2) is 0 Å². The first-order valence-electron chi connectivity index (χ1n) is 3.94. The molecule has 1 nitrogen and oxygen atoms in total. The number of hydrogen-bond acceptors (Lipinski definition) is 2. The van der Waals surface area contributed by atoms with Gasteiger partial charge < -0.3 is 4.42 Å². The lowest BCUT2D eigenvalue weighted by molar-refractivity contribution is 0.498. The van der Waals surface area contributed by atoms with Gasteiger partial charge in [0.05, 0.1) is 0 Å². The molecule has 0 radical (unpaired) electrons. The molecule has 0 amide bonds. The Morgan fingerprint density at radius 2 is 2.18 bits per heavy atom. The average molecular weight is 170 g/mol. The molecule has 0 aromatic carbocycles. The van der Waals surface area contributed by atoms with Gasteiger partial charge in [0.2, 0.25) is 0 Å². The molecule has 1 heterocycles. The Labute approximate surface area is 72.2 Å². The molecule has 62 valence electrons. The van der Waals surface area contributed by atoms with Gasteiger partial charge >= 0.3 is 0 Å². The molecule has 11 heavy (non-hydrogen) atoms. The van der Waals surface area contributed by atoms with Crippen molar-refractivity contribution in [3.8, 4) is 0 Å². The lowest BCUT2D eigenvalue weighted by Crippen LogP contribution is -1.74. The Kier molecular flexibility index (Phi) is 3.06. The molecule has 1 aromatic heterocycles. The van der Waals surface area contributed by atoms with Gasteiger partial charge in [-0.05, 0) is 32.1 Å². The topological polar surface area (TPSA) is 13.1 Å². The molecule has 0 aliphatic heterocycles. The van der Waals surface area contributed by atoms with Gasteiger partial charge in [0.15, 0.2) is 0 Å². The molecule has 0 bridgehead atoms. The quantitative estimate of drug-likeness (QED) is 0.645. The molecule has 0 unspecified atom stereocenters. The first-order valence-corrected chi connectivity index (χ1v) is 4.92. The van der Waals surface area contributed by atoms with E-state index in [1.165, 1.54) is 17.1 Å². The highest BCUT2D eigenvalue weighted by Gasteiger charge is 2.03. The van der Waals surface area contributed by atoms with Crippen LogP contribution in [0, 0.1) is 13.8 Å². The minimum atomic E-state index is 1.01. The molecular weight excluding hydrogens is 156 g/mol. The van der Waals surface area contributed by atoms with Crippen LogP contribution in [0.5, 0.6) is 0 Å². The van der Waals surface area contributed by atoms with E-state index < -0.39 is 0 Å². The van der Waals surface area contributed by atoms with Gasteiger partial charge in [-0.1, -0.05) is 6.92 Å². The Morgan fingerprint density at radius 3 is 2.64 bits per heavy atom. The van der Waals surface area contributed by atoms with Crippen LogP contribution in [0.25, 0.3) is 0 Å². The van der Waals surface area contributed by atoms with Crippen molar-refractivity contribution in [1.82, 2.24) is 0 Å². The van der Waals surface area contributed by atoms with Crippen LogP contribution in [0.1, 0.15) is 24.9 Å². The molecular formula is C9H14OS. The van der Waals surface area contributed by atoms with Crippen molar-refractivity contribution < 1.29 is 4.42 Å². The molecule has 2 heteroatoms. The van der Waals surface area contributed by atoms with Crippen LogP contribution in [-0.2, 0) is 0 Å². The highest BCUT2D eigenvalue weighted by Crippen LogP contribution is 2.25. The van der Waals surface area contributed by atoms with Crippen molar-refractivity contribution >= 4 is 11.8 Å². The third kappa shape index (κ3) is 2.29. The predicted molar refractivity (Wildman–Crippen MR) is 49.2 cm³/mol. The number of thioether (sulfide) groups is 1. The van der Waals surface area contributed by atoms with E-state index in [2.05, 4.69) is 13.0 Å². The Bertz CT molecular complexity index is 227. The number of furan rings is 1. The fraction of sp³-hybridized carbons (Fsp3) is 0.556. The van der Waals surface area contributed by atoms with E-state index in [4.69, 9.17) is 4.42 Å². The van der Waals surface area contributed by atoms with Gasteiger partial charge in [-0.3, -0.25) is 0 Å². The SMILES string of the molecule is CCCSc1cc(C)oc1C.